The van der Waals surface area contributed by atoms with Crippen LogP contribution in [-0.4, -0.2) is 29.0 Å². The molecule has 3 rings (SSSR count). The molecule has 0 bridgehead atoms. The van der Waals surface area contributed by atoms with E-state index in [9.17, 15) is 14.4 Å². The van der Waals surface area contributed by atoms with Gasteiger partial charge in [-0.3, -0.25) is 14.6 Å². The number of benzene rings is 1. The molecule has 0 unspecified atom stereocenters. The number of carbonyl (C=O) groups is 1. The fraction of sp³-hybridized carbons (Fsp3) is 0.353. The molecule has 7 heteroatoms. The Kier molecular flexibility index (Phi) is 4.50. The van der Waals surface area contributed by atoms with Crippen LogP contribution in [0.2, 0.25) is 0 Å². The molecule has 2 aromatic rings. The van der Waals surface area contributed by atoms with E-state index >= 15 is 0 Å². The molecule has 1 aliphatic heterocycles. The van der Waals surface area contributed by atoms with Crippen LogP contribution in [0.1, 0.15) is 16.8 Å². The number of H-pyrrole nitrogens is 2. The number of rotatable bonds is 4. The van der Waals surface area contributed by atoms with E-state index in [1.54, 1.807) is 6.92 Å². The number of aryl methyl sites for hydroxylation is 1. The van der Waals surface area contributed by atoms with E-state index < -0.39 is 11.2 Å². The molecule has 0 fully saturated rings. The van der Waals surface area contributed by atoms with Crippen LogP contribution in [0.5, 0.6) is 5.75 Å². The van der Waals surface area contributed by atoms with E-state index in [4.69, 9.17) is 4.74 Å². The molecule has 0 saturated carbocycles. The lowest BCUT2D eigenvalue weighted by atomic mass is 9.96. The van der Waals surface area contributed by atoms with Crippen molar-refractivity contribution in [2.75, 3.05) is 13.2 Å². The normalized spacial score (nSPS) is 16.1. The minimum absolute atomic E-state index is 0.0674. The Hall–Kier alpha value is -2.83. The van der Waals surface area contributed by atoms with Crippen molar-refractivity contribution in [1.29, 1.82) is 0 Å². The highest BCUT2D eigenvalue weighted by Gasteiger charge is 2.20. The van der Waals surface area contributed by atoms with Crippen molar-refractivity contribution in [3.8, 4) is 5.75 Å². The smallest absolute Gasteiger partial charge is 0.325 e. The lowest BCUT2D eigenvalue weighted by Gasteiger charge is -2.25. The van der Waals surface area contributed by atoms with Crippen molar-refractivity contribution in [2.45, 2.75) is 19.8 Å². The quantitative estimate of drug-likeness (QED) is 0.749. The molecule has 0 radical (unpaired) electrons. The lowest BCUT2D eigenvalue weighted by Crippen LogP contribution is -2.37. The summed E-state index contributed by atoms with van der Waals surface area (Å²) in [5, 5.41) is 2.84. The monoisotopic (exact) mass is 329 g/mol. The van der Waals surface area contributed by atoms with E-state index in [2.05, 4.69) is 15.3 Å². The van der Waals surface area contributed by atoms with Gasteiger partial charge < -0.3 is 15.0 Å². The summed E-state index contributed by atoms with van der Waals surface area (Å²) in [4.78, 5) is 39.6. The van der Waals surface area contributed by atoms with Gasteiger partial charge in [0.15, 0.2) is 0 Å². The standard InChI is InChI=1S/C17H19N3O4/c1-10-13(16(22)20-17(23)19-10)7-15(21)18-8-11-6-12-4-2-3-5-14(12)24-9-11/h2-5,11H,6-9H2,1H3,(H,18,21)(H2,19,20,22,23)/t11-/m1/s1. The third-order valence-electron chi connectivity index (χ3n) is 4.14. The first kappa shape index (κ1) is 16.0. The third-order valence-corrected chi connectivity index (χ3v) is 4.14. The summed E-state index contributed by atoms with van der Waals surface area (Å²) in [7, 11) is 0. The number of ether oxygens (including phenoxy) is 1. The van der Waals surface area contributed by atoms with Gasteiger partial charge in [0.25, 0.3) is 5.56 Å². The summed E-state index contributed by atoms with van der Waals surface area (Å²) >= 11 is 0. The summed E-state index contributed by atoms with van der Waals surface area (Å²) in [5.41, 5.74) is 0.725. The maximum atomic E-state index is 12.1. The second-order valence-electron chi connectivity index (χ2n) is 5.98. The number of aromatic nitrogens is 2. The maximum absolute atomic E-state index is 12.1. The molecule has 126 valence electrons. The first-order valence-corrected chi connectivity index (χ1v) is 7.82. The highest BCUT2D eigenvalue weighted by atomic mass is 16.5. The lowest BCUT2D eigenvalue weighted by molar-refractivity contribution is -0.120. The Balaban J connectivity index is 1.57. The fourth-order valence-corrected chi connectivity index (χ4v) is 2.84. The van der Waals surface area contributed by atoms with Gasteiger partial charge in [0.2, 0.25) is 5.91 Å². The predicted molar refractivity (Wildman–Crippen MR) is 88.3 cm³/mol. The van der Waals surface area contributed by atoms with Crippen LogP contribution in [0.4, 0.5) is 0 Å². The van der Waals surface area contributed by atoms with Crippen molar-refractivity contribution in [3.05, 3.63) is 61.9 Å². The number of hydrogen-bond donors (Lipinski definition) is 3. The summed E-state index contributed by atoms with van der Waals surface area (Å²) < 4.78 is 5.69. The van der Waals surface area contributed by atoms with Crippen LogP contribution in [0, 0.1) is 12.8 Å². The molecular weight excluding hydrogens is 310 g/mol. The molecule has 0 saturated heterocycles. The van der Waals surface area contributed by atoms with Gasteiger partial charge in [-0.1, -0.05) is 18.2 Å². The number of para-hydroxylation sites is 1. The van der Waals surface area contributed by atoms with Crippen molar-refractivity contribution in [1.82, 2.24) is 15.3 Å². The Morgan fingerprint density at radius 1 is 1.29 bits per heavy atom. The number of amides is 1. The number of hydrogen-bond acceptors (Lipinski definition) is 4. The first-order valence-electron chi connectivity index (χ1n) is 7.82. The van der Waals surface area contributed by atoms with Gasteiger partial charge in [-0.15, -0.1) is 0 Å². The van der Waals surface area contributed by atoms with Crippen LogP contribution < -0.4 is 21.3 Å². The molecule has 7 nitrogen and oxygen atoms in total. The van der Waals surface area contributed by atoms with Crippen molar-refractivity contribution < 1.29 is 9.53 Å². The zero-order valence-corrected chi connectivity index (χ0v) is 13.3. The molecule has 1 aromatic heterocycles. The van der Waals surface area contributed by atoms with E-state index in [1.165, 1.54) is 0 Å². The molecule has 24 heavy (non-hydrogen) atoms. The van der Waals surface area contributed by atoms with E-state index in [-0.39, 0.29) is 23.8 Å². The Labute approximate surface area is 138 Å². The largest absolute Gasteiger partial charge is 0.493 e. The molecule has 0 aliphatic carbocycles. The number of nitrogens with one attached hydrogen (secondary N) is 3. The molecule has 1 amide bonds. The SMILES string of the molecule is Cc1[nH]c(=O)[nH]c(=O)c1CC(=O)NC[C@@H]1COc2ccccc2C1. The second-order valence-corrected chi connectivity index (χ2v) is 5.98. The van der Waals surface area contributed by atoms with Crippen LogP contribution in [-0.2, 0) is 17.6 Å². The number of carbonyl (C=O) groups excluding carboxylic acids is 1. The topological polar surface area (TPSA) is 104 Å². The van der Waals surface area contributed by atoms with E-state index in [0.717, 1.165) is 17.7 Å². The fourth-order valence-electron chi connectivity index (χ4n) is 2.84. The first-order chi connectivity index (χ1) is 11.5. The van der Waals surface area contributed by atoms with Crippen molar-refractivity contribution in [2.24, 2.45) is 5.92 Å². The van der Waals surface area contributed by atoms with Gasteiger partial charge in [-0.05, 0) is 25.0 Å². The molecule has 1 atom stereocenters. The molecule has 0 spiro atoms. The van der Waals surface area contributed by atoms with E-state index in [0.29, 0.717) is 18.8 Å². The second kappa shape index (κ2) is 6.74. The van der Waals surface area contributed by atoms with E-state index in [1.807, 2.05) is 24.3 Å². The van der Waals surface area contributed by atoms with Gasteiger partial charge in [0, 0.05) is 23.7 Å². The van der Waals surface area contributed by atoms with Crippen LogP contribution in [0.15, 0.2) is 33.9 Å². The minimum Gasteiger partial charge on any atom is -0.493 e. The molecular formula is C17H19N3O4. The average molecular weight is 329 g/mol. The highest BCUT2D eigenvalue weighted by molar-refractivity contribution is 5.78. The van der Waals surface area contributed by atoms with Crippen molar-refractivity contribution >= 4 is 5.91 Å². The van der Waals surface area contributed by atoms with Crippen LogP contribution in [0.3, 0.4) is 0 Å². The highest BCUT2D eigenvalue weighted by Crippen LogP contribution is 2.26. The Morgan fingerprint density at radius 3 is 2.88 bits per heavy atom. The Bertz CT molecular complexity index is 869. The maximum Gasteiger partial charge on any atom is 0.325 e. The third kappa shape index (κ3) is 3.56. The minimum atomic E-state index is -0.570. The van der Waals surface area contributed by atoms with Crippen molar-refractivity contribution in [3.63, 3.8) is 0 Å². The Morgan fingerprint density at radius 2 is 2.08 bits per heavy atom. The number of aromatic amines is 2. The molecule has 3 N–H and O–H groups in total. The average Bonchev–Trinajstić information content (AvgIpc) is 2.56. The van der Waals surface area contributed by atoms with Gasteiger partial charge >= 0.3 is 5.69 Å². The number of fused-ring (bicyclic) bond motifs is 1. The molecule has 1 aliphatic rings. The van der Waals surface area contributed by atoms with Crippen LogP contribution >= 0.6 is 0 Å². The van der Waals surface area contributed by atoms with Gasteiger partial charge in [0.1, 0.15) is 5.75 Å². The zero-order valence-electron chi connectivity index (χ0n) is 13.3. The van der Waals surface area contributed by atoms with Crippen LogP contribution in [0.25, 0.3) is 0 Å². The summed E-state index contributed by atoms with van der Waals surface area (Å²) in [6.07, 6.45) is 0.775. The summed E-state index contributed by atoms with van der Waals surface area (Å²) in [6, 6.07) is 7.86. The molecule has 1 aromatic carbocycles. The zero-order chi connectivity index (χ0) is 17.1. The summed E-state index contributed by atoms with van der Waals surface area (Å²) in [6.45, 7) is 2.63. The van der Waals surface area contributed by atoms with Gasteiger partial charge in [0.05, 0.1) is 13.0 Å². The summed E-state index contributed by atoms with van der Waals surface area (Å²) in [5.74, 6) is 0.837. The van der Waals surface area contributed by atoms with Gasteiger partial charge in [-0.2, -0.15) is 0 Å². The molecule has 2 heterocycles. The predicted octanol–water partition coefficient (Wildman–Crippen LogP) is 0.282. The van der Waals surface area contributed by atoms with Gasteiger partial charge in [-0.25, -0.2) is 4.79 Å².